The molecule has 0 aromatic heterocycles. The smallest absolute Gasteiger partial charge is 0.269 e. The number of hydrogen-bond donors (Lipinski definition) is 1. The average Bonchev–Trinajstić information content (AvgIpc) is 2.91. The summed E-state index contributed by atoms with van der Waals surface area (Å²) in [7, 11) is 0. The normalized spacial score (nSPS) is 13.4. The lowest BCUT2D eigenvalue weighted by atomic mass is 10.2. The minimum absolute atomic E-state index is 0.0246. The van der Waals surface area contributed by atoms with Crippen LogP contribution in [-0.2, 0) is 4.79 Å². The number of ether oxygens (including phenoxy) is 1. The van der Waals surface area contributed by atoms with Gasteiger partial charge >= 0.3 is 0 Å². The fourth-order valence-electron chi connectivity index (χ4n) is 3.82. The first-order valence-corrected chi connectivity index (χ1v) is 10.9. The number of nitrogens with zero attached hydrogens (tertiary/aromatic N) is 3. The Morgan fingerprint density at radius 3 is 1.86 bits per heavy atom. The maximum absolute atomic E-state index is 14.1. The van der Waals surface area contributed by atoms with Crippen LogP contribution in [0, 0.1) is 39.2 Å². The molecule has 3 aromatic rings. The third-order valence-corrected chi connectivity index (χ3v) is 5.72. The molecule has 1 aliphatic rings. The molecule has 1 fully saturated rings. The van der Waals surface area contributed by atoms with Crippen molar-refractivity contribution in [3.8, 4) is 5.75 Å². The Kier molecular flexibility index (Phi) is 7.41. The van der Waals surface area contributed by atoms with Crippen LogP contribution in [0.25, 0.3) is 0 Å². The van der Waals surface area contributed by atoms with Crippen LogP contribution in [-0.4, -0.2) is 43.6 Å². The predicted molar refractivity (Wildman–Crippen MR) is 124 cm³/mol. The van der Waals surface area contributed by atoms with Gasteiger partial charge in [-0.05, 0) is 36.4 Å². The average molecular weight is 522 g/mol. The van der Waals surface area contributed by atoms with Crippen molar-refractivity contribution in [1.29, 1.82) is 0 Å². The summed E-state index contributed by atoms with van der Waals surface area (Å²) in [5.41, 5.74) is 0.166. The number of halogens is 5. The molecule has 0 aliphatic carbocycles. The first-order valence-electron chi connectivity index (χ1n) is 10.9. The molecule has 1 saturated heterocycles. The summed E-state index contributed by atoms with van der Waals surface area (Å²) in [6, 6.07) is 12.0. The van der Waals surface area contributed by atoms with Crippen molar-refractivity contribution in [2.75, 3.05) is 47.9 Å². The maximum atomic E-state index is 14.1. The molecule has 0 bridgehead atoms. The molecule has 4 rings (SSSR count). The molecule has 13 heteroatoms. The highest BCUT2D eigenvalue weighted by molar-refractivity contribution is 5.92. The van der Waals surface area contributed by atoms with Gasteiger partial charge < -0.3 is 19.9 Å². The van der Waals surface area contributed by atoms with Gasteiger partial charge in [0.05, 0.1) is 4.92 Å². The third-order valence-electron chi connectivity index (χ3n) is 5.72. The second-order valence-corrected chi connectivity index (χ2v) is 8.03. The van der Waals surface area contributed by atoms with E-state index in [1.165, 1.54) is 24.3 Å². The molecular weight excluding hydrogens is 503 g/mol. The van der Waals surface area contributed by atoms with Crippen LogP contribution in [0.1, 0.15) is 0 Å². The van der Waals surface area contributed by atoms with Crippen LogP contribution in [0.15, 0.2) is 48.5 Å². The Bertz CT molecular complexity index is 1290. The van der Waals surface area contributed by atoms with Gasteiger partial charge in [0.15, 0.2) is 29.9 Å². The number of nitro benzene ring substituents is 1. The van der Waals surface area contributed by atoms with Gasteiger partial charge in [0.1, 0.15) is 11.4 Å². The van der Waals surface area contributed by atoms with E-state index in [2.05, 4.69) is 5.32 Å². The summed E-state index contributed by atoms with van der Waals surface area (Å²) in [6.45, 7) is 0.245. The molecule has 0 atom stereocenters. The molecule has 194 valence electrons. The third kappa shape index (κ3) is 5.55. The number of non-ortho nitro benzene ring substituents is 1. The minimum Gasteiger partial charge on any atom is -0.484 e. The van der Waals surface area contributed by atoms with Crippen molar-refractivity contribution in [2.45, 2.75) is 0 Å². The number of nitro groups is 1. The highest BCUT2D eigenvalue weighted by Gasteiger charge is 2.30. The second-order valence-electron chi connectivity index (χ2n) is 8.03. The Morgan fingerprint density at radius 2 is 1.32 bits per heavy atom. The molecule has 8 nitrogen and oxygen atoms in total. The fraction of sp³-hybridized carbons (Fsp3) is 0.208. The van der Waals surface area contributed by atoms with Crippen LogP contribution in [0.4, 0.5) is 44.7 Å². The Morgan fingerprint density at radius 1 is 0.811 bits per heavy atom. The van der Waals surface area contributed by atoms with E-state index in [0.717, 1.165) is 10.6 Å². The van der Waals surface area contributed by atoms with Crippen molar-refractivity contribution >= 4 is 28.7 Å². The van der Waals surface area contributed by atoms with E-state index >= 15 is 0 Å². The van der Waals surface area contributed by atoms with Crippen LogP contribution in [0.5, 0.6) is 5.75 Å². The van der Waals surface area contributed by atoms with Crippen LogP contribution in [0.2, 0.25) is 0 Å². The molecule has 1 N–H and O–H groups in total. The van der Waals surface area contributed by atoms with E-state index in [-0.39, 0.29) is 38.5 Å². The van der Waals surface area contributed by atoms with E-state index < -0.39 is 45.6 Å². The van der Waals surface area contributed by atoms with Gasteiger partial charge in [-0.25, -0.2) is 22.0 Å². The molecule has 37 heavy (non-hydrogen) atoms. The quantitative estimate of drug-likeness (QED) is 0.160. The minimum atomic E-state index is -2.19. The van der Waals surface area contributed by atoms with Gasteiger partial charge in [0.2, 0.25) is 5.82 Å². The molecule has 0 radical (unpaired) electrons. The number of piperazine rings is 1. The lowest BCUT2D eigenvalue weighted by Crippen LogP contribution is -2.47. The van der Waals surface area contributed by atoms with Gasteiger partial charge in [-0.2, -0.15) is 0 Å². The van der Waals surface area contributed by atoms with E-state index in [1.54, 1.807) is 24.3 Å². The molecule has 1 heterocycles. The van der Waals surface area contributed by atoms with Crippen molar-refractivity contribution in [3.05, 3.63) is 87.7 Å². The van der Waals surface area contributed by atoms with Crippen molar-refractivity contribution < 1.29 is 36.4 Å². The number of carbonyl (C=O) groups is 1. The Balaban J connectivity index is 1.30. The maximum Gasteiger partial charge on any atom is 0.269 e. The molecule has 0 spiro atoms. The lowest BCUT2D eigenvalue weighted by molar-refractivity contribution is -0.384. The van der Waals surface area contributed by atoms with E-state index in [9.17, 15) is 36.9 Å². The number of hydrogen-bond acceptors (Lipinski definition) is 6. The largest absolute Gasteiger partial charge is 0.484 e. The van der Waals surface area contributed by atoms with Crippen LogP contribution >= 0.6 is 0 Å². The predicted octanol–water partition coefficient (Wildman–Crippen LogP) is 4.63. The summed E-state index contributed by atoms with van der Waals surface area (Å²) >= 11 is 0. The van der Waals surface area contributed by atoms with Crippen molar-refractivity contribution in [3.63, 3.8) is 0 Å². The first kappa shape index (κ1) is 25.7. The summed E-state index contributed by atoms with van der Waals surface area (Å²) in [4.78, 5) is 25.2. The number of rotatable bonds is 7. The zero-order valence-electron chi connectivity index (χ0n) is 19.0. The molecular formula is C24H19F5N4O4. The molecule has 1 aliphatic heterocycles. The highest BCUT2D eigenvalue weighted by Crippen LogP contribution is 2.31. The summed E-state index contributed by atoms with van der Waals surface area (Å²) in [6.07, 6.45) is 0. The van der Waals surface area contributed by atoms with Crippen molar-refractivity contribution in [2.24, 2.45) is 0 Å². The summed E-state index contributed by atoms with van der Waals surface area (Å²) in [5.74, 6) is -10.0. The zero-order chi connectivity index (χ0) is 26.7. The first-order chi connectivity index (χ1) is 17.7. The molecule has 0 saturated carbocycles. The Labute approximate surface area is 207 Å². The van der Waals surface area contributed by atoms with Crippen molar-refractivity contribution in [1.82, 2.24) is 0 Å². The standard InChI is InChI=1S/C24H19F5N4O4/c25-19-20(26)22(28)24(23(29)21(19)27)32-11-9-31(10-12-32)15-3-1-14(2-4-15)30-18(34)13-37-17-7-5-16(6-8-17)33(35)36/h1-8H,9-13H2,(H,30,34). The number of carbonyl (C=O) groups excluding carboxylic acids is 1. The lowest BCUT2D eigenvalue weighted by Gasteiger charge is -2.37. The number of nitrogens with one attached hydrogen (secondary N) is 1. The topological polar surface area (TPSA) is 87.9 Å². The molecule has 3 aromatic carbocycles. The van der Waals surface area contributed by atoms with E-state index in [1.807, 2.05) is 4.90 Å². The highest BCUT2D eigenvalue weighted by atomic mass is 19.2. The second kappa shape index (κ2) is 10.7. The molecule has 0 unspecified atom stereocenters. The monoisotopic (exact) mass is 522 g/mol. The zero-order valence-corrected chi connectivity index (χ0v) is 19.0. The molecule has 1 amide bonds. The number of anilines is 3. The summed E-state index contributed by atoms with van der Waals surface area (Å²) < 4.78 is 73.9. The Hall–Kier alpha value is -4.42. The summed E-state index contributed by atoms with van der Waals surface area (Å²) in [5, 5.41) is 13.3. The van der Waals surface area contributed by atoms with Gasteiger partial charge in [0, 0.05) is 49.7 Å². The number of amides is 1. The number of benzene rings is 3. The van der Waals surface area contributed by atoms with Gasteiger partial charge in [-0.15, -0.1) is 0 Å². The van der Waals surface area contributed by atoms with E-state index in [0.29, 0.717) is 11.4 Å². The van der Waals surface area contributed by atoms with E-state index in [4.69, 9.17) is 4.74 Å². The van der Waals surface area contributed by atoms with Gasteiger partial charge in [-0.1, -0.05) is 0 Å². The van der Waals surface area contributed by atoms with Crippen LogP contribution in [0.3, 0.4) is 0 Å². The fourth-order valence-corrected chi connectivity index (χ4v) is 3.82. The SMILES string of the molecule is O=C(COc1ccc([N+](=O)[O-])cc1)Nc1ccc(N2CCN(c3c(F)c(F)c(F)c(F)c3F)CC2)cc1. The van der Waals surface area contributed by atoms with Gasteiger partial charge in [0.25, 0.3) is 11.6 Å². The van der Waals surface area contributed by atoms with Gasteiger partial charge in [-0.3, -0.25) is 14.9 Å². The van der Waals surface area contributed by atoms with Crippen LogP contribution < -0.4 is 19.9 Å².